The van der Waals surface area contributed by atoms with Crippen LogP contribution in [0.1, 0.15) is 24.0 Å². The summed E-state index contributed by atoms with van der Waals surface area (Å²) in [7, 11) is 0. The van der Waals surface area contributed by atoms with E-state index in [0.29, 0.717) is 48.4 Å². The van der Waals surface area contributed by atoms with Crippen LogP contribution in [-0.4, -0.2) is 79.4 Å². The van der Waals surface area contributed by atoms with Gasteiger partial charge < -0.3 is 36.4 Å². The topological polar surface area (TPSA) is 199 Å². The number of carbonyl (C=O) groups is 4. The van der Waals surface area contributed by atoms with Crippen molar-refractivity contribution in [2.75, 3.05) is 34.4 Å². The van der Waals surface area contributed by atoms with Gasteiger partial charge in [0.2, 0.25) is 11.9 Å². The highest BCUT2D eigenvalue weighted by molar-refractivity contribution is 6.32. The molecule has 2 aliphatic heterocycles. The van der Waals surface area contributed by atoms with Gasteiger partial charge in [0.25, 0.3) is 0 Å². The normalized spacial score (nSPS) is 14.6. The molecule has 6 bridgehead atoms. The van der Waals surface area contributed by atoms with Crippen LogP contribution in [0.4, 0.5) is 70.0 Å². The number of carboxylic acid groups (broad SMARTS) is 2. The zero-order chi connectivity index (χ0) is 41.2. The quantitative estimate of drug-likeness (QED) is 0.112. The highest BCUT2D eigenvalue weighted by Crippen LogP contribution is 2.30. The molecule has 14 nitrogen and oxygen atoms in total. The maximum Gasteiger partial charge on any atom is 0.490 e. The van der Waals surface area contributed by atoms with Gasteiger partial charge in [-0.2, -0.15) is 31.3 Å². The number of hydrogen-bond donors (Lipinski definition) is 6. The summed E-state index contributed by atoms with van der Waals surface area (Å²) in [5, 5.41) is 26.9. The molecule has 0 saturated carbocycles. The Hall–Kier alpha value is -6.25. The zero-order valence-electron chi connectivity index (χ0n) is 28.5. The monoisotopic (exact) mass is 814 g/mol. The molecule has 1 atom stereocenters. The third kappa shape index (κ3) is 13.0. The highest BCUT2D eigenvalue weighted by atomic mass is 35.5. The molecular formula is C34H30ClF7N8O6. The molecule has 0 spiro atoms. The van der Waals surface area contributed by atoms with Crippen molar-refractivity contribution in [3.05, 3.63) is 89.1 Å². The van der Waals surface area contributed by atoms with Crippen LogP contribution < -0.4 is 21.3 Å². The number of amides is 3. The van der Waals surface area contributed by atoms with Crippen LogP contribution in [0.3, 0.4) is 0 Å². The predicted octanol–water partition coefficient (Wildman–Crippen LogP) is 7.40. The molecule has 1 fully saturated rings. The number of hydrogen-bond acceptors (Lipinski definition) is 9. The van der Waals surface area contributed by atoms with Crippen molar-refractivity contribution in [1.82, 2.24) is 19.9 Å². The van der Waals surface area contributed by atoms with Crippen LogP contribution in [0.2, 0.25) is 5.02 Å². The van der Waals surface area contributed by atoms with E-state index in [0.717, 1.165) is 34.6 Å². The van der Waals surface area contributed by atoms with Crippen molar-refractivity contribution in [1.29, 1.82) is 0 Å². The summed E-state index contributed by atoms with van der Waals surface area (Å²) < 4.78 is 76.6. The molecule has 6 N–H and O–H groups in total. The van der Waals surface area contributed by atoms with Gasteiger partial charge in [0.15, 0.2) is 5.82 Å². The Morgan fingerprint density at radius 1 is 0.857 bits per heavy atom. The number of carbonyl (C=O) groups excluding carboxylic acids is 2. The number of alkyl halides is 6. The number of rotatable bonds is 4. The molecule has 6 rings (SSSR count). The summed E-state index contributed by atoms with van der Waals surface area (Å²) in [6.07, 6.45) is -2.74. The van der Waals surface area contributed by atoms with Gasteiger partial charge in [-0.1, -0.05) is 11.6 Å². The van der Waals surface area contributed by atoms with Crippen LogP contribution in [0.5, 0.6) is 0 Å². The van der Waals surface area contributed by atoms with Crippen molar-refractivity contribution >= 4 is 70.0 Å². The number of nitrogens with zero attached hydrogens (tertiary/aromatic N) is 4. The number of aromatic nitrogens is 3. The number of benzene rings is 2. The van der Waals surface area contributed by atoms with Crippen LogP contribution in [-0.2, 0) is 27.2 Å². The minimum absolute atomic E-state index is 0.0328. The Kier molecular flexibility index (Phi) is 14.0. The van der Waals surface area contributed by atoms with E-state index in [2.05, 4.69) is 36.2 Å². The Morgan fingerprint density at radius 3 is 2.16 bits per heavy atom. The first-order valence-electron chi connectivity index (χ1n) is 16.1. The highest BCUT2D eigenvalue weighted by Gasteiger charge is 2.39. The third-order valence-electron chi connectivity index (χ3n) is 7.75. The molecule has 22 heteroatoms. The smallest absolute Gasteiger partial charge is 0.475 e. The van der Waals surface area contributed by atoms with Crippen molar-refractivity contribution < 1.29 is 60.1 Å². The lowest BCUT2D eigenvalue weighted by Gasteiger charge is -2.18. The molecule has 2 aliphatic rings. The molecule has 4 heterocycles. The van der Waals surface area contributed by atoms with Crippen LogP contribution >= 0.6 is 11.6 Å². The number of aliphatic carboxylic acids is 2. The van der Waals surface area contributed by atoms with Gasteiger partial charge in [-0.3, -0.25) is 9.78 Å². The molecule has 2 aromatic heterocycles. The maximum atomic E-state index is 13.2. The van der Waals surface area contributed by atoms with Crippen molar-refractivity contribution in [3.63, 3.8) is 0 Å². The van der Waals surface area contributed by atoms with E-state index in [1.807, 2.05) is 30.5 Å². The first kappa shape index (κ1) is 42.5. The number of fused-ring (bicyclic) bond motifs is 6. The van der Waals surface area contributed by atoms with Crippen molar-refractivity contribution in [2.24, 2.45) is 5.92 Å². The predicted molar refractivity (Wildman–Crippen MR) is 187 cm³/mol. The molecule has 4 aromatic rings. The largest absolute Gasteiger partial charge is 0.490 e. The Balaban J connectivity index is 0.000000425. The van der Waals surface area contributed by atoms with E-state index in [-0.39, 0.29) is 30.1 Å². The number of anilines is 6. The molecule has 2 aromatic carbocycles. The second-order valence-electron chi connectivity index (χ2n) is 12.0. The van der Waals surface area contributed by atoms with Gasteiger partial charge in [-0.25, -0.2) is 23.8 Å². The van der Waals surface area contributed by atoms with Gasteiger partial charge in [-0.05, 0) is 84.8 Å². The summed E-state index contributed by atoms with van der Waals surface area (Å²) >= 11 is 6.36. The fourth-order valence-corrected chi connectivity index (χ4v) is 5.27. The van der Waals surface area contributed by atoms with Crippen LogP contribution in [0.25, 0.3) is 0 Å². The number of pyridine rings is 1. The van der Waals surface area contributed by atoms with Gasteiger partial charge >= 0.3 is 30.3 Å². The summed E-state index contributed by atoms with van der Waals surface area (Å²) in [4.78, 5) is 58.4. The lowest BCUT2D eigenvalue weighted by Crippen LogP contribution is -2.33. The average Bonchev–Trinajstić information content (AvgIpc) is 3.59. The summed E-state index contributed by atoms with van der Waals surface area (Å²) in [6.45, 7) is 1.01. The van der Waals surface area contributed by atoms with E-state index in [1.54, 1.807) is 11.1 Å². The number of aryl methyl sites for hydroxylation is 2. The number of urea groups is 1. The number of nitrogens with one attached hydrogen (secondary N) is 4. The van der Waals surface area contributed by atoms with Crippen molar-refractivity contribution in [2.45, 2.75) is 38.0 Å². The van der Waals surface area contributed by atoms with Gasteiger partial charge in [-0.15, -0.1) is 0 Å². The lowest BCUT2D eigenvalue weighted by atomic mass is 10.0. The Morgan fingerprint density at radius 2 is 1.52 bits per heavy atom. The van der Waals surface area contributed by atoms with Crippen LogP contribution in [0.15, 0.2) is 67.1 Å². The van der Waals surface area contributed by atoms with E-state index >= 15 is 0 Å². The maximum absolute atomic E-state index is 13.2. The summed E-state index contributed by atoms with van der Waals surface area (Å²) in [6, 6.07) is 13.1. The number of halogens is 8. The standard InChI is InChI=1S/C30H28ClFN8O2.2C2HF3O2/c31-25-16-34-29-36-24-11-18(14-33-15-24)1-2-20-13-23(35-28(25)39-29)7-8-26(20)38-27(41)12-19-9-10-40(17-19)30(42)37-22-5-3-21(32)4-6-22;2*3-2(4,5)1(6)7/h3-8,11,13-16,19H,1-2,9-10,12,17H2,(H,37,42)(H,38,41)(H2,34,35,36,39);2*(H,6,7)/t19-;;/m1../s1. The van der Waals surface area contributed by atoms with Crippen LogP contribution in [0, 0.1) is 11.7 Å². The second-order valence-corrected chi connectivity index (χ2v) is 12.4. The lowest BCUT2D eigenvalue weighted by molar-refractivity contribution is -0.193. The van der Waals surface area contributed by atoms with E-state index in [1.165, 1.54) is 30.5 Å². The SMILES string of the molecule is O=C(C[C@H]1CCN(C(=O)Nc2ccc(F)cc2)C1)Nc1ccc2cc1CCc1cncc(c1)Nc1ncc(Cl)c(n1)N2.O=C(O)C(F)(F)F.O=C(O)C(F)(F)F. The molecule has 0 unspecified atom stereocenters. The minimum Gasteiger partial charge on any atom is -0.475 e. The van der Waals surface area contributed by atoms with E-state index in [9.17, 15) is 40.3 Å². The third-order valence-corrected chi connectivity index (χ3v) is 8.02. The first-order valence-corrected chi connectivity index (χ1v) is 16.5. The molecule has 0 aliphatic carbocycles. The summed E-state index contributed by atoms with van der Waals surface area (Å²) in [5.41, 5.74) is 4.75. The van der Waals surface area contributed by atoms with Crippen molar-refractivity contribution in [3.8, 4) is 0 Å². The minimum atomic E-state index is -5.08. The molecule has 298 valence electrons. The molecule has 56 heavy (non-hydrogen) atoms. The molecular weight excluding hydrogens is 785 g/mol. The first-order chi connectivity index (χ1) is 26.3. The fourth-order valence-electron chi connectivity index (χ4n) is 5.14. The second kappa shape index (κ2) is 18.4. The van der Waals surface area contributed by atoms with E-state index in [4.69, 9.17) is 31.4 Å². The zero-order valence-corrected chi connectivity index (χ0v) is 29.3. The van der Waals surface area contributed by atoms with Gasteiger partial charge in [0, 0.05) is 42.8 Å². The Bertz CT molecular complexity index is 2030. The molecule has 3 amide bonds. The molecule has 1 saturated heterocycles. The van der Waals surface area contributed by atoms with E-state index < -0.39 is 24.3 Å². The average molecular weight is 815 g/mol. The number of likely N-dealkylation sites (tertiary alicyclic amines) is 1. The number of carboxylic acids is 2. The van der Waals surface area contributed by atoms with Gasteiger partial charge in [0.05, 0.1) is 18.1 Å². The van der Waals surface area contributed by atoms with Gasteiger partial charge in [0.1, 0.15) is 10.8 Å². The fraction of sp³-hybridized carbons (Fsp3) is 0.265. The summed E-state index contributed by atoms with van der Waals surface area (Å²) in [5.74, 6) is -5.12. The Labute approximate surface area is 317 Å². The molecule has 0 radical (unpaired) electrons.